The third-order valence-electron chi connectivity index (χ3n) is 2.99. The van der Waals surface area contributed by atoms with Crippen molar-refractivity contribution in [2.75, 3.05) is 19.6 Å². The fraction of sp³-hybridized carbons (Fsp3) is 0.545. The zero-order valence-corrected chi connectivity index (χ0v) is 10.3. The number of carbonyl (C=O) groups excluding carboxylic acids is 2. The van der Waals surface area contributed by atoms with Crippen molar-refractivity contribution in [2.45, 2.75) is 12.5 Å². The topological polar surface area (TPSA) is 93.3 Å². The summed E-state index contributed by atoms with van der Waals surface area (Å²) in [6.07, 6.45) is 2.52. The van der Waals surface area contributed by atoms with Crippen LogP contribution in [-0.4, -0.2) is 52.2 Å². The van der Waals surface area contributed by atoms with Crippen LogP contribution in [0.3, 0.4) is 0 Å². The first-order valence-corrected chi connectivity index (χ1v) is 5.87. The minimum Gasteiger partial charge on any atom is -0.368 e. The summed E-state index contributed by atoms with van der Waals surface area (Å²) in [6, 6.07) is 1.64. The lowest BCUT2D eigenvalue weighted by molar-refractivity contribution is -0.119. The van der Waals surface area contributed by atoms with Crippen LogP contribution in [0.4, 0.5) is 0 Å². The fourth-order valence-electron chi connectivity index (χ4n) is 2.12. The van der Waals surface area contributed by atoms with E-state index in [1.807, 2.05) is 0 Å². The second-order valence-electron chi connectivity index (χ2n) is 4.42. The molecule has 1 aliphatic heterocycles. The third-order valence-corrected chi connectivity index (χ3v) is 2.99. The Morgan fingerprint density at radius 3 is 2.94 bits per heavy atom. The van der Waals surface area contributed by atoms with Gasteiger partial charge >= 0.3 is 0 Å². The number of rotatable bonds is 4. The van der Waals surface area contributed by atoms with Gasteiger partial charge in [0.2, 0.25) is 5.91 Å². The monoisotopic (exact) mass is 251 g/mol. The maximum absolute atomic E-state index is 12.3. The standard InChI is InChI=1S/C11H17N5O2/c1-15-5-3-9(14-15)11(18)16(7-10(12)17)8-2-4-13-6-8/h3,5,8,13H,2,4,6-7H2,1H3,(H2,12,17). The molecule has 18 heavy (non-hydrogen) atoms. The smallest absolute Gasteiger partial charge is 0.275 e. The molecule has 1 saturated heterocycles. The summed E-state index contributed by atoms with van der Waals surface area (Å²) >= 11 is 0. The molecule has 0 spiro atoms. The normalized spacial score (nSPS) is 18.8. The number of carbonyl (C=O) groups is 2. The summed E-state index contributed by atoms with van der Waals surface area (Å²) in [4.78, 5) is 24.9. The molecule has 2 rings (SSSR count). The van der Waals surface area contributed by atoms with Crippen LogP contribution in [0.25, 0.3) is 0 Å². The van der Waals surface area contributed by atoms with Gasteiger partial charge in [0.05, 0.1) is 0 Å². The first-order chi connectivity index (χ1) is 8.58. The summed E-state index contributed by atoms with van der Waals surface area (Å²) in [7, 11) is 1.74. The van der Waals surface area contributed by atoms with Gasteiger partial charge in [-0.05, 0) is 19.0 Å². The van der Waals surface area contributed by atoms with E-state index < -0.39 is 5.91 Å². The number of nitrogens with one attached hydrogen (secondary N) is 1. The molecule has 2 heterocycles. The highest BCUT2D eigenvalue weighted by molar-refractivity contribution is 5.94. The Labute approximate surface area is 105 Å². The SMILES string of the molecule is Cn1ccc(C(=O)N(CC(N)=O)C2CCNC2)n1. The van der Waals surface area contributed by atoms with Gasteiger partial charge in [-0.3, -0.25) is 14.3 Å². The number of hydrogen-bond donors (Lipinski definition) is 2. The van der Waals surface area contributed by atoms with Crippen molar-refractivity contribution >= 4 is 11.8 Å². The molecule has 1 atom stereocenters. The Hall–Kier alpha value is -1.89. The van der Waals surface area contributed by atoms with Crippen molar-refractivity contribution in [1.82, 2.24) is 20.0 Å². The van der Waals surface area contributed by atoms with E-state index in [0.29, 0.717) is 12.2 Å². The summed E-state index contributed by atoms with van der Waals surface area (Å²) in [5.41, 5.74) is 5.54. The summed E-state index contributed by atoms with van der Waals surface area (Å²) in [5.74, 6) is -0.755. The zero-order chi connectivity index (χ0) is 13.1. The second-order valence-corrected chi connectivity index (χ2v) is 4.42. The van der Waals surface area contributed by atoms with Crippen molar-refractivity contribution in [3.63, 3.8) is 0 Å². The lowest BCUT2D eigenvalue weighted by Crippen LogP contribution is -2.46. The quantitative estimate of drug-likeness (QED) is 0.696. The number of nitrogens with zero attached hydrogens (tertiary/aromatic N) is 3. The number of nitrogens with two attached hydrogens (primary N) is 1. The van der Waals surface area contributed by atoms with Crippen molar-refractivity contribution in [2.24, 2.45) is 12.8 Å². The fourth-order valence-corrected chi connectivity index (χ4v) is 2.12. The van der Waals surface area contributed by atoms with Gasteiger partial charge in [0.15, 0.2) is 0 Å². The number of amides is 2. The third kappa shape index (κ3) is 2.67. The Kier molecular flexibility index (Phi) is 3.61. The van der Waals surface area contributed by atoms with Gasteiger partial charge in [-0.25, -0.2) is 0 Å². The molecule has 1 aromatic heterocycles. The highest BCUT2D eigenvalue weighted by Crippen LogP contribution is 2.12. The van der Waals surface area contributed by atoms with E-state index >= 15 is 0 Å². The minimum absolute atomic E-state index is 0.00649. The molecule has 3 N–H and O–H groups in total. The van der Waals surface area contributed by atoms with Crippen molar-refractivity contribution in [3.8, 4) is 0 Å². The van der Waals surface area contributed by atoms with Crippen molar-refractivity contribution in [3.05, 3.63) is 18.0 Å². The number of aromatic nitrogens is 2. The zero-order valence-electron chi connectivity index (χ0n) is 10.3. The minimum atomic E-state index is -0.508. The molecule has 1 fully saturated rings. The molecule has 0 aromatic carbocycles. The molecule has 0 bridgehead atoms. The van der Waals surface area contributed by atoms with Crippen LogP contribution in [-0.2, 0) is 11.8 Å². The highest BCUT2D eigenvalue weighted by Gasteiger charge is 2.29. The van der Waals surface area contributed by atoms with Crippen molar-refractivity contribution < 1.29 is 9.59 Å². The Morgan fingerprint density at radius 2 is 2.44 bits per heavy atom. The van der Waals surface area contributed by atoms with Crippen molar-refractivity contribution in [1.29, 1.82) is 0 Å². The molecule has 2 amide bonds. The summed E-state index contributed by atoms with van der Waals surface area (Å²) in [5, 5.41) is 7.23. The van der Waals surface area contributed by atoms with Gasteiger partial charge in [0.1, 0.15) is 12.2 Å². The predicted molar refractivity (Wildman–Crippen MR) is 64.7 cm³/mol. The lowest BCUT2D eigenvalue weighted by atomic mass is 10.2. The van der Waals surface area contributed by atoms with Gasteiger partial charge in [0, 0.05) is 25.8 Å². The molecular formula is C11H17N5O2. The van der Waals surface area contributed by atoms with E-state index in [1.54, 1.807) is 24.0 Å². The molecular weight excluding hydrogens is 234 g/mol. The second kappa shape index (κ2) is 5.18. The predicted octanol–water partition coefficient (Wildman–Crippen LogP) is -1.29. The van der Waals surface area contributed by atoms with Crippen LogP contribution < -0.4 is 11.1 Å². The Balaban J connectivity index is 2.17. The molecule has 1 unspecified atom stereocenters. The first-order valence-electron chi connectivity index (χ1n) is 5.87. The highest BCUT2D eigenvalue weighted by atomic mass is 16.2. The maximum atomic E-state index is 12.3. The van der Waals surface area contributed by atoms with Crippen LogP contribution in [0.15, 0.2) is 12.3 Å². The molecule has 0 radical (unpaired) electrons. The number of primary amides is 1. The van der Waals surface area contributed by atoms with E-state index in [4.69, 9.17) is 5.73 Å². The van der Waals surface area contributed by atoms with Crippen LogP contribution in [0, 0.1) is 0 Å². The van der Waals surface area contributed by atoms with Gasteiger partial charge in [-0.1, -0.05) is 0 Å². The van der Waals surface area contributed by atoms with Crippen LogP contribution >= 0.6 is 0 Å². The summed E-state index contributed by atoms with van der Waals surface area (Å²) in [6.45, 7) is 1.46. The van der Waals surface area contributed by atoms with E-state index in [-0.39, 0.29) is 18.5 Å². The Morgan fingerprint density at radius 1 is 1.67 bits per heavy atom. The average molecular weight is 251 g/mol. The van der Waals surface area contributed by atoms with E-state index in [9.17, 15) is 9.59 Å². The molecule has 7 heteroatoms. The summed E-state index contributed by atoms with van der Waals surface area (Å²) < 4.78 is 1.56. The maximum Gasteiger partial charge on any atom is 0.275 e. The van der Waals surface area contributed by atoms with Crippen LogP contribution in [0.2, 0.25) is 0 Å². The molecule has 0 aliphatic carbocycles. The average Bonchev–Trinajstić information content (AvgIpc) is 2.95. The number of aryl methyl sites for hydroxylation is 1. The van der Waals surface area contributed by atoms with Gasteiger partial charge < -0.3 is 16.0 Å². The van der Waals surface area contributed by atoms with E-state index in [2.05, 4.69) is 10.4 Å². The van der Waals surface area contributed by atoms with Gasteiger partial charge in [-0.2, -0.15) is 5.10 Å². The van der Waals surface area contributed by atoms with Crippen LogP contribution in [0.1, 0.15) is 16.9 Å². The van der Waals surface area contributed by atoms with E-state index in [1.165, 1.54) is 4.90 Å². The molecule has 0 saturated carbocycles. The Bertz CT molecular complexity index is 450. The molecule has 98 valence electrons. The largest absolute Gasteiger partial charge is 0.368 e. The number of hydrogen-bond acceptors (Lipinski definition) is 4. The molecule has 7 nitrogen and oxygen atoms in total. The van der Waals surface area contributed by atoms with Gasteiger partial charge in [-0.15, -0.1) is 0 Å². The van der Waals surface area contributed by atoms with Gasteiger partial charge in [0.25, 0.3) is 5.91 Å². The lowest BCUT2D eigenvalue weighted by Gasteiger charge is -2.26. The molecule has 1 aromatic rings. The van der Waals surface area contributed by atoms with Crippen LogP contribution in [0.5, 0.6) is 0 Å². The van der Waals surface area contributed by atoms with E-state index in [0.717, 1.165) is 13.0 Å². The first kappa shape index (κ1) is 12.6. The molecule has 1 aliphatic rings.